The lowest BCUT2D eigenvalue weighted by Crippen LogP contribution is -2.14. The maximum atomic E-state index is 12.8. The fraction of sp³-hybridized carbons (Fsp3) is 0.188. The van der Waals surface area contributed by atoms with Crippen molar-refractivity contribution in [3.63, 3.8) is 0 Å². The number of alkyl halides is 2. The van der Waals surface area contributed by atoms with Gasteiger partial charge in [0.05, 0.1) is 5.69 Å². The zero-order valence-electron chi connectivity index (χ0n) is 12.0. The van der Waals surface area contributed by atoms with E-state index in [0.717, 1.165) is 4.90 Å². The zero-order valence-corrected chi connectivity index (χ0v) is 12.8. The molecule has 1 amide bonds. The summed E-state index contributed by atoms with van der Waals surface area (Å²) in [7, 11) is 0. The number of nitrogens with one attached hydrogen (secondary N) is 1. The Morgan fingerprint density at radius 1 is 1.13 bits per heavy atom. The fourth-order valence-corrected chi connectivity index (χ4v) is 2.63. The van der Waals surface area contributed by atoms with Crippen LogP contribution in [0.5, 0.6) is 5.75 Å². The summed E-state index contributed by atoms with van der Waals surface area (Å²) in [6.07, 6.45) is 0.186. The van der Waals surface area contributed by atoms with Gasteiger partial charge in [0.15, 0.2) is 0 Å². The molecular weight excluding hydrogens is 327 g/mol. The Morgan fingerprint density at radius 2 is 1.83 bits per heavy atom. The first kappa shape index (κ1) is 17.2. The Bertz CT molecular complexity index is 650. The number of rotatable bonds is 7. The third-order valence-electron chi connectivity index (χ3n) is 2.79. The summed E-state index contributed by atoms with van der Waals surface area (Å²) in [6, 6.07) is 11.9. The minimum absolute atomic E-state index is 0.0814. The molecule has 0 saturated carbocycles. The van der Waals surface area contributed by atoms with Crippen molar-refractivity contribution in [2.24, 2.45) is 0 Å². The van der Waals surface area contributed by atoms with Crippen molar-refractivity contribution in [1.82, 2.24) is 0 Å². The lowest BCUT2D eigenvalue weighted by molar-refractivity contribution is -0.115. The zero-order chi connectivity index (χ0) is 16.7. The van der Waals surface area contributed by atoms with E-state index in [1.807, 2.05) is 0 Å². The van der Waals surface area contributed by atoms with E-state index in [-0.39, 0.29) is 29.6 Å². The highest BCUT2D eigenvalue weighted by atomic mass is 32.2. The number of hydrogen-bond donors (Lipinski definition) is 1. The van der Waals surface area contributed by atoms with E-state index in [1.54, 1.807) is 18.2 Å². The molecule has 7 heteroatoms. The first-order valence-corrected chi connectivity index (χ1v) is 7.75. The Balaban J connectivity index is 1.84. The van der Waals surface area contributed by atoms with Crippen molar-refractivity contribution in [2.75, 3.05) is 11.1 Å². The van der Waals surface area contributed by atoms with Gasteiger partial charge in [-0.15, -0.1) is 11.8 Å². The number of amides is 1. The second kappa shape index (κ2) is 8.47. The van der Waals surface area contributed by atoms with Crippen LogP contribution in [0.2, 0.25) is 0 Å². The summed E-state index contributed by atoms with van der Waals surface area (Å²) in [4.78, 5) is 12.7. The molecule has 0 fully saturated rings. The Morgan fingerprint density at radius 3 is 2.52 bits per heavy atom. The van der Waals surface area contributed by atoms with Gasteiger partial charge in [0.25, 0.3) is 0 Å². The van der Waals surface area contributed by atoms with Crippen molar-refractivity contribution >= 4 is 23.4 Å². The number of para-hydroxylation sites is 2. The van der Waals surface area contributed by atoms with E-state index in [1.165, 1.54) is 42.1 Å². The first-order chi connectivity index (χ1) is 11.0. The van der Waals surface area contributed by atoms with Crippen LogP contribution in [0.15, 0.2) is 53.4 Å². The standard InChI is InChI=1S/C16H14F3NO2S/c17-11-5-7-12(8-6-11)23-10-9-15(21)20-13-3-1-2-4-14(13)22-16(18)19/h1-8,16H,9-10H2,(H,20,21). The summed E-state index contributed by atoms with van der Waals surface area (Å²) in [5, 5.41) is 2.54. The quantitative estimate of drug-likeness (QED) is 0.751. The highest BCUT2D eigenvalue weighted by molar-refractivity contribution is 7.99. The van der Waals surface area contributed by atoms with Gasteiger partial charge in [-0.05, 0) is 36.4 Å². The average molecular weight is 341 g/mol. The molecule has 2 rings (SSSR count). The largest absolute Gasteiger partial charge is 0.433 e. The van der Waals surface area contributed by atoms with Gasteiger partial charge in [-0.1, -0.05) is 12.1 Å². The van der Waals surface area contributed by atoms with Gasteiger partial charge in [0, 0.05) is 17.1 Å². The van der Waals surface area contributed by atoms with Crippen LogP contribution in [0, 0.1) is 5.82 Å². The molecule has 0 atom stereocenters. The number of anilines is 1. The highest BCUT2D eigenvalue weighted by Gasteiger charge is 2.11. The molecule has 122 valence electrons. The average Bonchev–Trinajstić information content (AvgIpc) is 2.51. The topological polar surface area (TPSA) is 38.3 Å². The van der Waals surface area contributed by atoms with E-state index >= 15 is 0 Å². The molecule has 2 aromatic carbocycles. The molecule has 0 heterocycles. The minimum atomic E-state index is -2.96. The number of thioether (sulfide) groups is 1. The molecule has 0 aliphatic heterocycles. The van der Waals surface area contributed by atoms with E-state index < -0.39 is 6.61 Å². The molecule has 23 heavy (non-hydrogen) atoms. The highest BCUT2D eigenvalue weighted by Crippen LogP contribution is 2.26. The monoisotopic (exact) mass is 341 g/mol. The van der Waals surface area contributed by atoms with Gasteiger partial charge in [-0.2, -0.15) is 8.78 Å². The van der Waals surface area contributed by atoms with Crippen LogP contribution < -0.4 is 10.1 Å². The summed E-state index contributed by atoms with van der Waals surface area (Å²) in [5.74, 6) is -0.232. The maximum Gasteiger partial charge on any atom is 0.387 e. The first-order valence-electron chi connectivity index (χ1n) is 6.76. The molecule has 0 aromatic heterocycles. The molecular formula is C16H14F3NO2S. The number of ether oxygens (including phenoxy) is 1. The van der Waals surface area contributed by atoms with Gasteiger partial charge >= 0.3 is 6.61 Å². The van der Waals surface area contributed by atoms with Crippen molar-refractivity contribution in [3.8, 4) is 5.75 Å². The van der Waals surface area contributed by atoms with Crippen molar-refractivity contribution in [1.29, 1.82) is 0 Å². The fourth-order valence-electron chi connectivity index (χ4n) is 1.77. The second-order valence-corrected chi connectivity index (χ2v) is 5.64. The second-order valence-electron chi connectivity index (χ2n) is 4.48. The van der Waals surface area contributed by atoms with E-state index in [4.69, 9.17) is 0 Å². The van der Waals surface area contributed by atoms with Crippen molar-refractivity contribution in [2.45, 2.75) is 17.9 Å². The number of carbonyl (C=O) groups excluding carboxylic acids is 1. The van der Waals surface area contributed by atoms with Gasteiger partial charge in [0.2, 0.25) is 5.91 Å². The van der Waals surface area contributed by atoms with E-state index in [0.29, 0.717) is 5.75 Å². The molecule has 0 bridgehead atoms. The normalized spacial score (nSPS) is 10.6. The number of hydrogen-bond acceptors (Lipinski definition) is 3. The van der Waals surface area contributed by atoms with Crippen LogP contribution in [-0.2, 0) is 4.79 Å². The molecule has 0 aliphatic rings. The van der Waals surface area contributed by atoms with E-state index in [9.17, 15) is 18.0 Å². The predicted molar refractivity (Wildman–Crippen MR) is 83.4 cm³/mol. The van der Waals surface area contributed by atoms with Crippen LogP contribution >= 0.6 is 11.8 Å². The Hall–Kier alpha value is -2.15. The summed E-state index contributed by atoms with van der Waals surface area (Å²) in [6.45, 7) is -2.96. The van der Waals surface area contributed by atoms with Gasteiger partial charge in [-0.3, -0.25) is 4.79 Å². The summed E-state index contributed by atoms with van der Waals surface area (Å²) in [5.41, 5.74) is 0.199. The Kier molecular flexibility index (Phi) is 6.34. The van der Waals surface area contributed by atoms with Crippen LogP contribution in [0.25, 0.3) is 0 Å². The van der Waals surface area contributed by atoms with Crippen molar-refractivity contribution < 1.29 is 22.7 Å². The van der Waals surface area contributed by atoms with Gasteiger partial charge < -0.3 is 10.1 Å². The number of halogens is 3. The van der Waals surface area contributed by atoms with Gasteiger partial charge in [0.1, 0.15) is 11.6 Å². The third-order valence-corrected chi connectivity index (χ3v) is 3.80. The lowest BCUT2D eigenvalue weighted by atomic mass is 10.3. The Labute approximate surface area is 135 Å². The smallest absolute Gasteiger partial charge is 0.387 e. The molecule has 2 aromatic rings. The van der Waals surface area contributed by atoms with Crippen LogP contribution in [0.1, 0.15) is 6.42 Å². The summed E-state index contributed by atoms with van der Waals surface area (Å²) >= 11 is 1.40. The molecule has 3 nitrogen and oxygen atoms in total. The van der Waals surface area contributed by atoms with Gasteiger partial charge in [-0.25, -0.2) is 4.39 Å². The molecule has 0 unspecified atom stereocenters. The molecule has 0 spiro atoms. The maximum absolute atomic E-state index is 12.8. The summed E-state index contributed by atoms with van der Waals surface area (Å²) < 4.78 is 41.7. The number of benzene rings is 2. The molecule has 0 radical (unpaired) electrons. The van der Waals surface area contributed by atoms with E-state index in [2.05, 4.69) is 10.1 Å². The SMILES string of the molecule is O=C(CCSc1ccc(F)cc1)Nc1ccccc1OC(F)F. The molecule has 0 aliphatic carbocycles. The molecule has 0 saturated heterocycles. The van der Waals surface area contributed by atoms with Crippen LogP contribution in [-0.4, -0.2) is 18.3 Å². The van der Waals surface area contributed by atoms with Crippen molar-refractivity contribution in [3.05, 3.63) is 54.3 Å². The minimum Gasteiger partial charge on any atom is -0.433 e. The molecule has 1 N–H and O–H groups in total. The van der Waals surface area contributed by atoms with Crippen LogP contribution in [0.4, 0.5) is 18.9 Å². The third kappa shape index (κ3) is 5.86. The van der Waals surface area contributed by atoms with Crippen LogP contribution in [0.3, 0.4) is 0 Å². The lowest BCUT2D eigenvalue weighted by Gasteiger charge is -2.11. The predicted octanol–water partition coefficient (Wildman–Crippen LogP) is 4.55. The number of carbonyl (C=O) groups is 1.